The molecular formula is C39H30N2S. The van der Waals surface area contributed by atoms with E-state index in [2.05, 4.69) is 163 Å². The van der Waals surface area contributed by atoms with Gasteiger partial charge in [0.05, 0.1) is 11.7 Å². The lowest BCUT2D eigenvalue weighted by Crippen LogP contribution is -2.29. The second kappa shape index (κ2) is 11.5. The molecule has 1 unspecified atom stereocenters. The fraction of sp³-hybridized carbons (Fsp3) is 0.0256. The molecule has 0 fully saturated rings. The van der Waals surface area contributed by atoms with Crippen molar-refractivity contribution in [2.45, 2.75) is 6.04 Å². The van der Waals surface area contributed by atoms with Gasteiger partial charge in [0, 0.05) is 25.7 Å². The molecule has 6 aromatic carbocycles. The van der Waals surface area contributed by atoms with E-state index in [1.54, 1.807) is 0 Å². The SMILES string of the molecule is C=Cc1ccccc1C(NNc1cc2c(cc1-c1cccc(-c3ccccc3)c1)sc1ccccc12)c1ccccc1. The largest absolute Gasteiger partial charge is 0.320 e. The predicted molar refractivity (Wildman–Crippen MR) is 182 cm³/mol. The van der Waals surface area contributed by atoms with Crippen LogP contribution in [0.25, 0.3) is 48.5 Å². The number of thiophene rings is 1. The summed E-state index contributed by atoms with van der Waals surface area (Å²) in [5, 5.41) is 2.53. The molecule has 2 nitrogen and oxygen atoms in total. The van der Waals surface area contributed by atoms with Crippen LogP contribution in [0.15, 0.2) is 152 Å². The van der Waals surface area contributed by atoms with E-state index in [1.807, 2.05) is 17.4 Å². The van der Waals surface area contributed by atoms with Crippen LogP contribution >= 0.6 is 11.3 Å². The number of hydrogen-bond donors (Lipinski definition) is 2. The highest BCUT2D eigenvalue weighted by atomic mass is 32.1. The molecule has 3 heteroatoms. The Hall–Kier alpha value is -4.96. The third-order valence-electron chi connectivity index (χ3n) is 7.81. The number of rotatable bonds is 8. The van der Waals surface area contributed by atoms with Crippen LogP contribution in [0, 0.1) is 0 Å². The predicted octanol–water partition coefficient (Wildman–Crippen LogP) is 10.7. The van der Waals surface area contributed by atoms with E-state index >= 15 is 0 Å². The van der Waals surface area contributed by atoms with E-state index in [9.17, 15) is 0 Å². The van der Waals surface area contributed by atoms with Crippen molar-refractivity contribution in [3.05, 3.63) is 169 Å². The molecule has 1 atom stereocenters. The van der Waals surface area contributed by atoms with Crippen LogP contribution in [-0.4, -0.2) is 0 Å². The Morgan fingerprint density at radius 2 is 1.26 bits per heavy atom. The van der Waals surface area contributed by atoms with E-state index in [0.29, 0.717) is 0 Å². The Bertz CT molecular complexity index is 2010. The first-order valence-electron chi connectivity index (χ1n) is 14.2. The number of fused-ring (bicyclic) bond motifs is 3. The van der Waals surface area contributed by atoms with Gasteiger partial charge in [0.2, 0.25) is 0 Å². The molecule has 0 aliphatic carbocycles. The molecule has 2 N–H and O–H groups in total. The molecule has 7 aromatic rings. The topological polar surface area (TPSA) is 24.1 Å². The molecule has 0 saturated carbocycles. The summed E-state index contributed by atoms with van der Waals surface area (Å²) in [6, 6.07) is 51.6. The van der Waals surface area contributed by atoms with Crippen molar-refractivity contribution in [3.8, 4) is 22.3 Å². The van der Waals surface area contributed by atoms with Gasteiger partial charge < -0.3 is 5.43 Å². The maximum absolute atomic E-state index is 4.08. The van der Waals surface area contributed by atoms with Crippen molar-refractivity contribution in [3.63, 3.8) is 0 Å². The third kappa shape index (κ3) is 5.01. The molecule has 1 aromatic heterocycles. The van der Waals surface area contributed by atoms with Crippen LogP contribution in [0.2, 0.25) is 0 Å². The van der Waals surface area contributed by atoms with Gasteiger partial charge in [-0.05, 0) is 57.6 Å². The van der Waals surface area contributed by atoms with Crippen molar-refractivity contribution in [2.75, 3.05) is 5.43 Å². The summed E-state index contributed by atoms with van der Waals surface area (Å²) in [7, 11) is 0. The van der Waals surface area contributed by atoms with Gasteiger partial charge in [-0.1, -0.05) is 134 Å². The lowest BCUT2D eigenvalue weighted by Gasteiger charge is -2.24. The first-order valence-corrected chi connectivity index (χ1v) is 15.0. The Morgan fingerprint density at radius 1 is 0.571 bits per heavy atom. The fourth-order valence-electron chi connectivity index (χ4n) is 5.71. The second-order valence-corrected chi connectivity index (χ2v) is 11.5. The van der Waals surface area contributed by atoms with Crippen molar-refractivity contribution in [2.24, 2.45) is 0 Å². The highest BCUT2D eigenvalue weighted by Gasteiger charge is 2.18. The van der Waals surface area contributed by atoms with Crippen LogP contribution in [0.4, 0.5) is 5.69 Å². The van der Waals surface area contributed by atoms with Crippen LogP contribution in [0.3, 0.4) is 0 Å². The van der Waals surface area contributed by atoms with E-state index in [1.165, 1.54) is 48.0 Å². The molecule has 0 amide bonds. The van der Waals surface area contributed by atoms with E-state index in [-0.39, 0.29) is 6.04 Å². The molecule has 1 heterocycles. The third-order valence-corrected chi connectivity index (χ3v) is 8.94. The maximum Gasteiger partial charge on any atom is 0.0765 e. The molecule has 0 aliphatic heterocycles. The molecule has 0 spiro atoms. The van der Waals surface area contributed by atoms with Crippen molar-refractivity contribution in [1.29, 1.82) is 0 Å². The van der Waals surface area contributed by atoms with Crippen LogP contribution < -0.4 is 10.9 Å². The summed E-state index contributed by atoms with van der Waals surface area (Å²) in [6.45, 7) is 4.08. The maximum atomic E-state index is 4.08. The molecule has 0 radical (unpaired) electrons. The number of nitrogens with one attached hydrogen (secondary N) is 2. The minimum Gasteiger partial charge on any atom is -0.320 e. The number of hydrogen-bond acceptors (Lipinski definition) is 3. The monoisotopic (exact) mass is 558 g/mol. The van der Waals surface area contributed by atoms with Crippen molar-refractivity contribution >= 4 is 43.3 Å². The average molecular weight is 559 g/mol. The lowest BCUT2D eigenvalue weighted by atomic mass is 9.94. The first kappa shape index (κ1) is 26.0. The van der Waals surface area contributed by atoms with Gasteiger partial charge >= 0.3 is 0 Å². The molecule has 202 valence electrons. The Kier molecular flexibility index (Phi) is 7.11. The van der Waals surface area contributed by atoms with Crippen LogP contribution in [-0.2, 0) is 0 Å². The zero-order valence-corrected chi connectivity index (χ0v) is 23.9. The van der Waals surface area contributed by atoms with Gasteiger partial charge in [0.1, 0.15) is 0 Å². The summed E-state index contributed by atoms with van der Waals surface area (Å²) in [5.41, 5.74) is 16.6. The Balaban J connectivity index is 1.36. The number of anilines is 1. The second-order valence-electron chi connectivity index (χ2n) is 10.4. The molecule has 42 heavy (non-hydrogen) atoms. The molecule has 0 aliphatic rings. The zero-order valence-electron chi connectivity index (χ0n) is 23.1. The lowest BCUT2D eigenvalue weighted by molar-refractivity contribution is 0.681. The van der Waals surface area contributed by atoms with Crippen LogP contribution in [0.1, 0.15) is 22.7 Å². The Labute approximate surface area is 250 Å². The van der Waals surface area contributed by atoms with Gasteiger partial charge in [-0.15, -0.1) is 11.3 Å². The highest BCUT2D eigenvalue weighted by molar-refractivity contribution is 7.25. The molecule has 0 bridgehead atoms. The van der Waals surface area contributed by atoms with Crippen LogP contribution in [0.5, 0.6) is 0 Å². The van der Waals surface area contributed by atoms with Gasteiger partial charge in [-0.2, -0.15) is 0 Å². The zero-order chi connectivity index (χ0) is 28.3. The summed E-state index contributed by atoms with van der Waals surface area (Å²) in [5.74, 6) is 0. The molecule has 0 saturated heterocycles. The standard InChI is InChI=1S/C39H30N2S/c1-2-27-14-9-10-21-32(27)39(29-17-7-4-8-18-29)41-40-36-25-35-33-22-11-12-23-37(33)42-38(35)26-34(36)31-20-13-19-30(24-31)28-15-5-3-6-16-28/h2-26,39-41H,1H2. The average Bonchev–Trinajstić information content (AvgIpc) is 3.43. The number of hydrazine groups is 1. The smallest absolute Gasteiger partial charge is 0.0765 e. The van der Waals surface area contributed by atoms with Gasteiger partial charge in [0.25, 0.3) is 0 Å². The van der Waals surface area contributed by atoms with E-state index in [4.69, 9.17) is 0 Å². The van der Waals surface area contributed by atoms with Gasteiger partial charge in [-0.3, -0.25) is 0 Å². The van der Waals surface area contributed by atoms with Crippen molar-refractivity contribution < 1.29 is 0 Å². The van der Waals surface area contributed by atoms with Crippen molar-refractivity contribution in [1.82, 2.24) is 5.43 Å². The fourth-order valence-corrected chi connectivity index (χ4v) is 6.83. The molecular weight excluding hydrogens is 529 g/mol. The minimum atomic E-state index is -0.0844. The summed E-state index contributed by atoms with van der Waals surface area (Å²) in [4.78, 5) is 0. The quantitative estimate of drug-likeness (QED) is 0.181. The van der Waals surface area contributed by atoms with Gasteiger partial charge in [0.15, 0.2) is 0 Å². The highest BCUT2D eigenvalue weighted by Crippen LogP contribution is 2.41. The van der Waals surface area contributed by atoms with E-state index < -0.39 is 0 Å². The molecule has 7 rings (SSSR count). The minimum absolute atomic E-state index is 0.0844. The normalized spacial score (nSPS) is 11.9. The Morgan fingerprint density at radius 3 is 2.10 bits per heavy atom. The summed E-state index contributed by atoms with van der Waals surface area (Å²) in [6.07, 6.45) is 1.93. The first-order chi connectivity index (χ1) is 20.8. The van der Waals surface area contributed by atoms with Gasteiger partial charge in [-0.25, -0.2) is 5.43 Å². The number of benzene rings is 6. The summed E-state index contributed by atoms with van der Waals surface area (Å²) >= 11 is 1.84. The summed E-state index contributed by atoms with van der Waals surface area (Å²) < 4.78 is 2.57. The van der Waals surface area contributed by atoms with E-state index in [0.717, 1.165) is 16.8 Å².